The predicted molar refractivity (Wildman–Crippen MR) is 109 cm³/mol. The number of phenolic OH excluding ortho intramolecular Hbond substituents is 1. The third-order valence-electron chi connectivity index (χ3n) is 3.89. The van der Waals surface area contributed by atoms with E-state index < -0.39 is 0 Å². The lowest BCUT2D eigenvalue weighted by atomic mass is 10.2. The Morgan fingerprint density at radius 1 is 0.885 bits per heavy atom. The van der Waals surface area contributed by atoms with E-state index in [4.69, 9.17) is 16.0 Å². The van der Waals surface area contributed by atoms with E-state index in [9.17, 15) is 5.11 Å². The van der Waals surface area contributed by atoms with Gasteiger partial charge in [-0.15, -0.1) is 12.4 Å². The van der Waals surface area contributed by atoms with E-state index in [1.807, 2.05) is 66.7 Å². The van der Waals surface area contributed by atoms with Gasteiger partial charge >= 0.3 is 0 Å². The molecule has 0 aliphatic carbocycles. The monoisotopic (exact) mass is 383 g/mol. The van der Waals surface area contributed by atoms with Crippen LogP contribution in [0.4, 0.5) is 0 Å². The van der Waals surface area contributed by atoms with Gasteiger partial charge in [0.1, 0.15) is 22.8 Å². The molecule has 2 aromatic carbocycles. The number of pyridine rings is 1. The van der Waals surface area contributed by atoms with Gasteiger partial charge in [-0.3, -0.25) is 0 Å². The number of hydrogen-bond acceptors (Lipinski definition) is 3. The van der Waals surface area contributed by atoms with E-state index in [1.165, 1.54) is 0 Å². The number of rotatable bonds is 3. The summed E-state index contributed by atoms with van der Waals surface area (Å²) < 4.78 is 5.84. The van der Waals surface area contributed by atoms with E-state index in [-0.39, 0.29) is 18.2 Å². The first-order chi connectivity index (χ1) is 12.2. The highest BCUT2D eigenvalue weighted by Gasteiger charge is 2.04. The van der Waals surface area contributed by atoms with Crippen molar-refractivity contribution in [1.82, 2.24) is 4.98 Å². The summed E-state index contributed by atoms with van der Waals surface area (Å²) in [6.07, 6.45) is 3.71. The Labute approximate surface area is 162 Å². The average Bonchev–Trinajstić information content (AvgIpc) is 3.10. The first kappa shape index (κ1) is 18.1. The Balaban J connectivity index is 0.00000196. The summed E-state index contributed by atoms with van der Waals surface area (Å²) in [5.74, 6) is 1.68. The van der Waals surface area contributed by atoms with Crippen LogP contribution in [-0.2, 0) is 0 Å². The topological polar surface area (TPSA) is 46.3 Å². The summed E-state index contributed by atoms with van der Waals surface area (Å²) in [5, 5.41) is 11.5. The van der Waals surface area contributed by atoms with Crippen LogP contribution >= 0.6 is 24.0 Å². The van der Waals surface area contributed by atoms with Crippen molar-refractivity contribution in [1.29, 1.82) is 0 Å². The highest BCUT2D eigenvalue weighted by molar-refractivity contribution is 6.30. The van der Waals surface area contributed by atoms with E-state index in [0.717, 1.165) is 28.2 Å². The summed E-state index contributed by atoms with van der Waals surface area (Å²) in [6.45, 7) is 0. The molecule has 0 saturated carbocycles. The van der Waals surface area contributed by atoms with E-state index >= 15 is 0 Å². The van der Waals surface area contributed by atoms with Gasteiger partial charge in [0.15, 0.2) is 0 Å². The minimum Gasteiger partial charge on any atom is -0.506 e. The summed E-state index contributed by atoms with van der Waals surface area (Å²) in [4.78, 5) is 4.47. The molecule has 0 unspecified atom stereocenters. The maximum atomic E-state index is 9.92. The molecular formula is C21H15Cl2NO2. The Morgan fingerprint density at radius 2 is 1.69 bits per heavy atom. The van der Waals surface area contributed by atoms with Crippen molar-refractivity contribution in [2.75, 3.05) is 0 Å². The third-order valence-corrected chi connectivity index (χ3v) is 4.15. The van der Waals surface area contributed by atoms with Crippen molar-refractivity contribution < 1.29 is 9.52 Å². The van der Waals surface area contributed by atoms with Crippen molar-refractivity contribution >= 4 is 47.1 Å². The van der Waals surface area contributed by atoms with Gasteiger partial charge in [0.05, 0.1) is 5.69 Å². The van der Waals surface area contributed by atoms with Gasteiger partial charge in [-0.1, -0.05) is 29.8 Å². The van der Waals surface area contributed by atoms with Crippen LogP contribution in [0.3, 0.4) is 0 Å². The molecule has 5 heteroatoms. The zero-order valence-electron chi connectivity index (χ0n) is 13.6. The summed E-state index contributed by atoms with van der Waals surface area (Å²) >= 11 is 5.91. The molecule has 26 heavy (non-hydrogen) atoms. The van der Waals surface area contributed by atoms with Crippen LogP contribution in [0.1, 0.15) is 11.5 Å². The Morgan fingerprint density at radius 3 is 2.50 bits per heavy atom. The number of benzene rings is 2. The van der Waals surface area contributed by atoms with Gasteiger partial charge in [-0.05, 0) is 60.7 Å². The fourth-order valence-electron chi connectivity index (χ4n) is 2.62. The second-order valence-corrected chi connectivity index (χ2v) is 6.06. The fraction of sp³-hybridized carbons (Fsp3) is 0. The average molecular weight is 384 g/mol. The Hall–Kier alpha value is -2.75. The molecule has 4 aromatic rings. The van der Waals surface area contributed by atoms with Crippen LogP contribution in [0.2, 0.25) is 5.02 Å². The van der Waals surface area contributed by atoms with E-state index in [0.29, 0.717) is 10.5 Å². The number of phenols is 1. The van der Waals surface area contributed by atoms with Crippen LogP contribution in [0.25, 0.3) is 34.4 Å². The highest BCUT2D eigenvalue weighted by atomic mass is 35.5. The maximum absolute atomic E-state index is 9.92. The van der Waals surface area contributed by atoms with Crippen LogP contribution < -0.4 is 0 Å². The molecule has 0 saturated heterocycles. The largest absolute Gasteiger partial charge is 0.506 e. The number of para-hydroxylation sites is 1. The lowest BCUT2D eigenvalue weighted by Gasteiger charge is -2.01. The molecule has 3 nitrogen and oxygen atoms in total. The van der Waals surface area contributed by atoms with E-state index in [2.05, 4.69) is 4.98 Å². The van der Waals surface area contributed by atoms with Crippen molar-refractivity contribution in [3.8, 4) is 17.1 Å². The molecule has 0 amide bonds. The molecule has 2 heterocycles. The number of nitrogens with zero attached hydrogens (tertiary/aromatic N) is 1. The lowest BCUT2D eigenvalue weighted by Crippen LogP contribution is -1.83. The second-order valence-electron chi connectivity index (χ2n) is 5.63. The minimum atomic E-state index is 0. The first-order valence-corrected chi connectivity index (χ1v) is 8.19. The number of halogens is 2. The molecule has 0 radical (unpaired) electrons. The zero-order chi connectivity index (χ0) is 17.2. The molecule has 0 fully saturated rings. The fourth-order valence-corrected chi connectivity index (χ4v) is 2.74. The van der Waals surface area contributed by atoms with Crippen LogP contribution in [-0.4, -0.2) is 10.1 Å². The van der Waals surface area contributed by atoms with Crippen molar-refractivity contribution in [2.45, 2.75) is 0 Å². The highest BCUT2D eigenvalue weighted by Crippen LogP contribution is 2.25. The van der Waals surface area contributed by atoms with Crippen molar-refractivity contribution in [3.05, 3.63) is 83.2 Å². The number of aromatic nitrogens is 1. The SMILES string of the molecule is Cl.Oc1cccc2ccc(C=Cc3ccc(-c4ccc(Cl)cc4)o3)nc12. The zero-order valence-corrected chi connectivity index (χ0v) is 15.2. The Kier molecular flexibility index (Phi) is 5.31. The molecule has 130 valence electrons. The van der Waals surface area contributed by atoms with Crippen LogP contribution in [0.15, 0.2) is 71.1 Å². The van der Waals surface area contributed by atoms with Gasteiger partial charge in [0, 0.05) is 16.0 Å². The number of hydrogen-bond donors (Lipinski definition) is 1. The molecule has 0 aliphatic heterocycles. The number of aromatic hydroxyl groups is 1. The molecule has 0 aliphatic rings. The van der Waals surface area contributed by atoms with Gasteiger partial charge in [0.2, 0.25) is 0 Å². The summed E-state index contributed by atoms with van der Waals surface area (Å²) in [5.41, 5.74) is 2.31. The quantitative estimate of drug-likeness (QED) is 0.442. The van der Waals surface area contributed by atoms with Gasteiger partial charge in [-0.2, -0.15) is 0 Å². The molecule has 0 bridgehead atoms. The molecule has 4 rings (SSSR count). The number of furan rings is 1. The predicted octanol–water partition coefficient (Wildman–Crippen LogP) is 6.45. The normalized spacial score (nSPS) is 11.0. The second kappa shape index (κ2) is 7.65. The molecule has 0 spiro atoms. The summed E-state index contributed by atoms with van der Waals surface area (Å²) in [6, 6.07) is 20.5. The molecule has 0 atom stereocenters. The van der Waals surface area contributed by atoms with Gasteiger partial charge in [-0.25, -0.2) is 4.98 Å². The first-order valence-electron chi connectivity index (χ1n) is 7.82. The molecule has 1 N–H and O–H groups in total. The van der Waals surface area contributed by atoms with Crippen LogP contribution in [0.5, 0.6) is 5.75 Å². The van der Waals surface area contributed by atoms with Crippen molar-refractivity contribution in [2.24, 2.45) is 0 Å². The lowest BCUT2D eigenvalue weighted by molar-refractivity contribution is 0.480. The van der Waals surface area contributed by atoms with Gasteiger partial charge < -0.3 is 9.52 Å². The maximum Gasteiger partial charge on any atom is 0.141 e. The smallest absolute Gasteiger partial charge is 0.141 e. The van der Waals surface area contributed by atoms with Crippen molar-refractivity contribution in [3.63, 3.8) is 0 Å². The Bertz CT molecular complexity index is 1070. The summed E-state index contributed by atoms with van der Waals surface area (Å²) in [7, 11) is 0. The minimum absolute atomic E-state index is 0. The standard InChI is InChI=1S/C21H14ClNO2.ClH/c22-16-7-4-14(5-8-16)20-13-12-18(25-20)11-10-17-9-6-15-2-1-3-19(24)21(15)23-17;/h1-13,24H;1H. The van der Waals surface area contributed by atoms with Crippen LogP contribution in [0, 0.1) is 0 Å². The number of fused-ring (bicyclic) bond motifs is 1. The van der Waals surface area contributed by atoms with E-state index in [1.54, 1.807) is 12.1 Å². The third kappa shape index (κ3) is 3.74. The molecule has 2 aromatic heterocycles. The van der Waals surface area contributed by atoms with Gasteiger partial charge in [0.25, 0.3) is 0 Å². The molecular weight excluding hydrogens is 369 g/mol.